The van der Waals surface area contributed by atoms with Crippen molar-refractivity contribution in [1.82, 2.24) is 10.2 Å². The molecular weight excluding hydrogens is 374 g/mol. The van der Waals surface area contributed by atoms with Gasteiger partial charge in [-0.05, 0) is 23.8 Å². The standard InChI is InChI=1S/C17H15N3O4S2/c18-9-13-3-1-12(2-4-13)5-6-16(23)24-10-14(21)19-7-8-20-15(22)11-26-17(20)25/h1-6H,7-8,10-11H2,(H,19,21)/b6-5+. The first-order chi connectivity index (χ1) is 12.5. The molecule has 0 aliphatic carbocycles. The van der Waals surface area contributed by atoms with Crippen molar-refractivity contribution in [1.29, 1.82) is 5.26 Å². The Morgan fingerprint density at radius 1 is 1.38 bits per heavy atom. The summed E-state index contributed by atoms with van der Waals surface area (Å²) in [6, 6.07) is 8.65. The van der Waals surface area contributed by atoms with Crippen LogP contribution in [0.25, 0.3) is 6.08 Å². The molecule has 0 unspecified atom stereocenters. The second-order valence-corrected chi connectivity index (χ2v) is 6.73. The number of hydrogen-bond acceptors (Lipinski definition) is 7. The van der Waals surface area contributed by atoms with Gasteiger partial charge in [0.15, 0.2) is 6.61 Å². The third kappa shape index (κ3) is 5.98. The van der Waals surface area contributed by atoms with Crippen LogP contribution in [-0.2, 0) is 19.1 Å². The fourth-order valence-electron chi connectivity index (χ4n) is 1.97. The molecule has 0 spiro atoms. The molecule has 1 N–H and O–H groups in total. The summed E-state index contributed by atoms with van der Waals surface area (Å²) >= 11 is 6.32. The smallest absolute Gasteiger partial charge is 0.331 e. The largest absolute Gasteiger partial charge is 0.452 e. The minimum absolute atomic E-state index is 0.0754. The van der Waals surface area contributed by atoms with Gasteiger partial charge in [0.1, 0.15) is 4.32 Å². The molecule has 1 aliphatic rings. The van der Waals surface area contributed by atoms with Crippen LogP contribution in [0.1, 0.15) is 11.1 Å². The maximum absolute atomic E-state index is 11.6. The number of esters is 1. The molecule has 0 atom stereocenters. The topological polar surface area (TPSA) is 99.5 Å². The zero-order valence-corrected chi connectivity index (χ0v) is 15.3. The van der Waals surface area contributed by atoms with Crippen LogP contribution in [-0.4, -0.2) is 52.5 Å². The van der Waals surface area contributed by atoms with Crippen molar-refractivity contribution in [3.8, 4) is 6.07 Å². The van der Waals surface area contributed by atoms with Gasteiger partial charge >= 0.3 is 5.97 Å². The van der Waals surface area contributed by atoms with Gasteiger partial charge in [-0.25, -0.2) is 4.79 Å². The van der Waals surface area contributed by atoms with Gasteiger partial charge in [0.2, 0.25) is 5.91 Å². The molecule has 26 heavy (non-hydrogen) atoms. The molecule has 1 fully saturated rings. The van der Waals surface area contributed by atoms with Gasteiger partial charge in [-0.15, -0.1) is 0 Å². The molecule has 9 heteroatoms. The summed E-state index contributed by atoms with van der Waals surface area (Å²) in [5.41, 5.74) is 1.26. The van der Waals surface area contributed by atoms with Gasteiger partial charge in [-0.2, -0.15) is 5.26 Å². The molecule has 7 nitrogen and oxygen atoms in total. The second-order valence-electron chi connectivity index (χ2n) is 5.12. The lowest BCUT2D eigenvalue weighted by atomic mass is 10.1. The van der Waals surface area contributed by atoms with Gasteiger partial charge in [0.25, 0.3) is 5.91 Å². The van der Waals surface area contributed by atoms with Gasteiger partial charge in [-0.1, -0.05) is 36.1 Å². The normalized spacial score (nSPS) is 13.7. The quantitative estimate of drug-likeness (QED) is 0.423. The summed E-state index contributed by atoms with van der Waals surface area (Å²) < 4.78 is 5.34. The molecule has 1 saturated heterocycles. The van der Waals surface area contributed by atoms with Crippen molar-refractivity contribution in [2.45, 2.75) is 0 Å². The molecule has 1 aromatic carbocycles. The number of thioether (sulfide) groups is 1. The van der Waals surface area contributed by atoms with E-state index >= 15 is 0 Å². The molecule has 0 radical (unpaired) electrons. The monoisotopic (exact) mass is 389 g/mol. The van der Waals surface area contributed by atoms with Crippen molar-refractivity contribution >= 4 is 52.2 Å². The highest BCUT2D eigenvalue weighted by Crippen LogP contribution is 2.18. The van der Waals surface area contributed by atoms with Gasteiger partial charge in [0.05, 0.1) is 17.4 Å². The number of carbonyl (C=O) groups excluding carboxylic acids is 3. The van der Waals surface area contributed by atoms with E-state index in [1.54, 1.807) is 24.3 Å². The van der Waals surface area contributed by atoms with E-state index in [0.29, 0.717) is 22.2 Å². The van der Waals surface area contributed by atoms with Crippen molar-refractivity contribution in [2.24, 2.45) is 0 Å². The number of amides is 2. The zero-order valence-electron chi connectivity index (χ0n) is 13.6. The summed E-state index contributed by atoms with van der Waals surface area (Å²) in [6.07, 6.45) is 2.73. The van der Waals surface area contributed by atoms with Crippen LogP contribution in [0, 0.1) is 11.3 Å². The molecule has 2 amide bonds. The van der Waals surface area contributed by atoms with Crippen LogP contribution in [0.4, 0.5) is 0 Å². The van der Waals surface area contributed by atoms with E-state index in [1.807, 2.05) is 6.07 Å². The first-order valence-corrected chi connectivity index (χ1v) is 8.98. The lowest BCUT2D eigenvalue weighted by Crippen LogP contribution is -2.38. The van der Waals surface area contributed by atoms with Crippen LogP contribution in [0.3, 0.4) is 0 Å². The minimum atomic E-state index is -0.656. The summed E-state index contributed by atoms with van der Waals surface area (Å²) in [4.78, 5) is 36.2. The molecule has 134 valence electrons. The number of ether oxygens (including phenoxy) is 1. The molecule has 1 heterocycles. The number of benzene rings is 1. The van der Waals surface area contributed by atoms with E-state index in [1.165, 1.54) is 28.8 Å². The first kappa shape index (κ1) is 19.6. The number of rotatable bonds is 7. The van der Waals surface area contributed by atoms with Crippen LogP contribution >= 0.6 is 24.0 Å². The average molecular weight is 389 g/mol. The minimum Gasteiger partial charge on any atom is -0.452 e. The Morgan fingerprint density at radius 2 is 2.12 bits per heavy atom. The van der Waals surface area contributed by atoms with Gasteiger partial charge in [-0.3, -0.25) is 14.5 Å². The molecule has 2 rings (SSSR count). The highest BCUT2D eigenvalue weighted by molar-refractivity contribution is 8.23. The number of nitrogens with one attached hydrogen (secondary N) is 1. The van der Waals surface area contributed by atoms with E-state index in [-0.39, 0.29) is 12.5 Å². The summed E-state index contributed by atoms with van der Waals surface area (Å²) in [6.45, 7) is 0.108. The number of carbonyl (C=O) groups is 3. The van der Waals surface area contributed by atoms with Crippen LogP contribution in [0.2, 0.25) is 0 Å². The van der Waals surface area contributed by atoms with E-state index in [0.717, 1.165) is 5.56 Å². The Bertz CT molecular complexity index is 768. The molecule has 0 aromatic heterocycles. The number of nitriles is 1. The second kappa shape index (κ2) is 9.70. The van der Waals surface area contributed by atoms with Crippen molar-refractivity contribution in [2.75, 3.05) is 25.4 Å². The van der Waals surface area contributed by atoms with Crippen molar-refractivity contribution in [3.05, 3.63) is 41.5 Å². The highest BCUT2D eigenvalue weighted by atomic mass is 32.2. The lowest BCUT2D eigenvalue weighted by molar-refractivity contribution is -0.143. The molecule has 1 aromatic rings. The zero-order chi connectivity index (χ0) is 18.9. The van der Waals surface area contributed by atoms with Crippen molar-refractivity contribution < 1.29 is 19.1 Å². The summed E-state index contributed by atoms with van der Waals surface area (Å²) in [5.74, 6) is -0.864. The Balaban J connectivity index is 1.67. The van der Waals surface area contributed by atoms with E-state index in [4.69, 9.17) is 22.2 Å². The number of nitrogens with zero attached hydrogens (tertiary/aromatic N) is 2. The maximum atomic E-state index is 11.6. The fourth-order valence-corrected chi connectivity index (χ4v) is 3.09. The fraction of sp³-hybridized carbons (Fsp3) is 0.235. The predicted molar refractivity (Wildman–Crippen MR) is 101 cm³/mol. The Hall–Kier alpha value is -2.70. The summed E-state index contributed by atoms with van der Waals surface area (Å²) in [5, 5.41) is 11.3. The molecule has 1 aliphatic heterocycles. The summed E-state index contributed by atoms with van der Waals surface area (Å²) in [7, 11) is 0. The Labute approximate surface area is 160 Å². The molecular formula is C17H15N3O4S2. The third-order valence-corrected chi connectivity index (χ3v) is 4.73. The lowest BCUT2D eigenvalue weighted by Gasteiger charge is -2.14. The SMILES string of the molecule is N#Cc1ccc(/C=C/C(=O)OCC(=O)NCCN2C(=O)CSC2=S)cc1. The average Bonchev–Trinajstić information content (AvgIpc) is 2.97. The van der Waals surface area contributed by atoms with Crippen LogP contribution in [0.5, 0.6) is 0 Å². The van der Waals surface area contributed by atoms with Gasteiger partial charge in [0, 0.05) is 19.2 Å². The third-order valence-electron chi connectivity index (χ3n) is 3.30. The number of thiocarbonyl (C=S) groups is 1. The first-order valence-electron chi connectivity index (χ1n) is 7.58. The number of hydrogen-bond donors (Lipinski definition) is 1. The molecule has 0 bridgehead atoms. The van der Waals surface area contributed by atoms with Crippen LogP contribution < -0.4 is 5.32 Å². The van der Waals surface area contributed by atoms with E-state index in [9.17, 15) is 14.4 Å². The van der Waals surface area contributed by atoms with Gasteiger partial charge < -0.3 is 10.1 Å². The maximum Gasteiger partial charge on any atom is 0.331 e. The van der Waals surface area contributed by atoms with Crippen molar-refractivity contribution in [3.63, 3.8) is 0 Å². The Morgan fingerprint density at radius 3 is 2.73 bits per heavy atom. The van der Waals surface area contributed by atoms with Crippen LogP contribution in [0.15, 0.2) is 30.3 Å². The Kier molecular flexibility index (Phi) is 7.32. The predicted octanol–water partition coefficient (Wildman–Crippen LogP) is 1.09. The van der Waals surface area contributed by atoms with E-state index < -0.39 is 18.5 Å². The van der Waals surface area contributed by atoms with E-state index in [2.05, 4.69) is 5.32 Å². The highest BCUT2D eigenvalue weighted by Gasteiger charge is 2.25. The molecule has 0 saturated carbocycles.